The second-order valence-corrected chi connectivity index (χ2v) is 7.38. The van der Waals surface area contributed by atoms with E-state index in [9.17, 15) is 19.7 Å². The lowest BCUT2D eigenvalue weighted by Crippen LogP contribution is -2.32. The summed E-state index contributed by atoms with van der Waals surface area (Å²) >= 11 is 0. The molecule has 3 atom stereocenters. The number of esters is 1. The number of benzene rings is 1. The predicted molar refractivity (Wildman–Crippen MR) is 99.1 cm³/mol. The summed E-state index contributed by atoms with van der Waals surface area (Å²) in [5.74, 6) is 1.28. The Morgan fingerprint density at radius 2 is 1.93 bits per heavy atom. The van der Waals surface area contributed by atoms with Gasteiger partial charge in [-0.1, -0.05) is 6.42 Å². The Morgan fingerprint density at radius 3 is 2.56 bits per heavy atom. The van der Waals surface area contributed by atoms with Gasteiger partial charge in [0.05, 0.1) is 4.92 Å². The lowest BCUT2D eigenvalue weighted by molar-refractivity contribution is -0.384. The molecule has 2 aliphatic carbocycles. The van der Waals surface area contributed by atoms with Gasteiger partial charge in [0.2, 0.25) is 0 Å². The van der Waals surface area contributed by atoms with E-state index >= 15 is 0 Å². The third kappa shape index (κ3) is 5.42. The van der Waals surface area contributed by atoms with Crippen molar-refractivity contribution in [3.8, 4) is 0 Å². The first-order chi connectivity index (χ1) is 13.0. The number of nitro benzene ring substituents is 1. The molecular formula is C19H25N3O5. The Hall–Kier alpha value is -2.64. The first kappa shape index (κ1) is 19.1. The van der Waals surface area contributed by atoms with E-state index in [2.05, 4.69) is 10.6 Å². The summed E-state index contributed by atoms with van der Waals surface area (Å²) in [6.45, 7) is 0.569. The average Bonchev–Trinajstić information content (AvgIpc) is 3.27. The van der Waals surface area contributed by atoms with E-state index in [1.807, 2.05) is 0 Å². The summed E-state index contributed by atoms with van der Waals surface area (Å²) in [6, 6.07) is 6.04. The highest BCUT2D eigenvalue weighted by Crippen LogP contribution is 2.49. The molecular weight excluding hydrogens is 350 g/mol. The first-order valence-electron chi connectivity index (χ1n) is 9.42. The maximum atomic E-state index is 11.9. The van der Waals surface area contributed by atoms with Gasteiger partial charge in [0.15, 0.2) is 6.61 Å². The van der Waals surface area contributed by atoms with Crippen molar-refractivity contribution in [1.29, 1.82) is 0 Å². The van der Waals surface area contributed by atoms with Crippen LogP contribution in [0.5, 0.6) is 0 Å². The van der Waals surface area contributed by atoms with Crippen LogP contribution in [0, 0.1) is 27.9 Å². The summed E-state index contributed by atoms with van der Waals surface area (Å²) in [4.78, 5) is 33.8. The molecule has 8 heteroatoms. The fourth-order valence-electron chi connectivity index (χ4n) is 4.21. The summed E-state index contributed by atoms with van der Waals surface area (Å²) < 4.78 is 5.09. The van der Waals surface area contributed by atoms with E-state index in [0.717, 1.165) is 18.0 Å². The number of ether oxygens (including phenoxy) is 1. The van der Waals surface area contributed by atoms with Crippen LogP contribution in [-0.4, -0.2) is 36.5 Å². The second kappa shape index (κ2) is 8.83. The third-order valence-electron chi connectivity index (χ3n) is 5.53. The van der Waals surface area contributed by atoms with E-state index in [4.69, 9.17) is 4.74 Å². The van der Waals surface area contributed by atoms with E-state index < -0.39 is 4.92 Å². The third-order valence-corrected chi connectivity index (χ3v) is 5.53. The number of amides is 1. The molecule has 2 N–H and O–H groups in total. The van der Waals surface area contributed by atoms with Crippen LogP contribution in [0.25, 0.3) is 0 Å². The highest BCUT2D eigenvalue weighted by Gasteiger charge is 2.40. The van der Waals surface area contributed by atoms with E-state index in [1.165, 1.54) is 31.4 Å². The van der Waals surface area contributed by atoms with Crippen molar-refractivity contribution in [2.24, 2.45) is 17.8 Å². The zero-order valence-electron chi connectivity index (χ0n) is 15.2. The highest BCUT2D eigenvalue weighted by molar-refractivity contribution is 5.80. The number of nitrogens with zero attached hydrogens (tertiary/aromatic N) is 1. The van der Waals surface area contributed by atoms with Gasteiger partial charge in [0.25, 0.3) is 11.6 Å². The molecule has 2 fully saturated rings. The fourth-order valence-corrected chi connectivity index (χ4v) is 4.21. The topological polar surface area (TPSA) is 111 Å². The predicted octanol–water partition coefficient (Wildman–Crippen LogP) is 2.49. The van der Waals surface area contributed by atoms with E-state index in [1.54, 1.807) is 12.1 Å². The van der Waals surface area contributed by atoms with Crippen LogP contribution in [0.3, 0.4) is 0 Å². The van der Waals surface area contributed by atoms with Crippen molar-refractivity contribution in [1.82, 2.24) is 5.32 Å². The zero-order valence-corrected chi connectivity index (χ0v) is 15.2. The van der Waals surface area contributed by atoms with Crippen molar-refractivity contribution in [2.45, 2.75) is 32.1 Å². The number of anilines is 1. The molecule has 1 aromatic carbocycles. The van der Waals surface area contributed by atoms with Gasteiger partial charge >= 0.3 is 5.97 Å². The SMILES string of the molecule is O=C(COC(=O)C[C@@H]1C[C@H]2CC[C@@H]1C2)NCCNc1ccc([N+](=O)[O-])cc1. The number of hydrogen-bond acceptors (Lipinski definition) is 6. The number of nitro groups is 1. The van der Waals surface area contributed by atoms with E-state index in [0.29, 0.717) is 31.3 Å². The van der Waals surface area contributed by atoms with Crippen LogP contribution in [0.2, 0.25) is 0 Å². The Kier molecular flexibility index (Phi) is 6.26. The zero-order chi connectivity index (χ0) is 19.2. The Labute approximate surface area is 157 Å². The average molecular weight is 375 g/mol. The van der Waals surface area contributed by atoms with Crippen molar-refractivity contribution in [3.63, 3.8) is 0 Å². The molecule has 0 heterocycles. The number of rotatable bonds is 9. The number of nitrogens with one attached hydrogen (secondary N) is 2. The second-order valence-electron chi connectivity index (χ2n) is 7.38. The minimum atomic E-state index is -0.456. The van der Waals surface area contributed by atoms with E-state index in [-0.39, 0.29) is 24.2 Å². The monoisotopic (exact) mass is 375 g/mol. The summed E-state index contributed by atoms with van der Waals surface area (Å²) in [5.41, 5.74) is 0.758. The Morgan fingerprint density at radius 1 is 1.15 bits per heavy atom. The van der Waals surface area contributed by atoms with Crippen LogP contribution in [-0.2, 0) is 14.3 Å². The molecule has 0 unspecified atom stereocenters. The van der Waals surface area contributed by atoms with Crippen LogP contribution in [0.4, 0.5) is 11.4 Å². The van der Waals surface area contributed by atoms with Gasteiger partial charge in [-0.2, -0.15) is 0 Å². The lowest BCUT2D eigenvalue weighted by atomic mass is 9.86. The van der Waals surface area contributed by atoms with Crippen molar-refractivity contribution in [3.05, 3.63) is 34.4 Å². The first-order valence-corrected chi connectivity index (χ1v) is 9.42. The largest absolute Gasteiger partial charge is 0.456 e. The minimum absolute atomic E-state index is 0.0288. The van der Waals surface area contributed by atoms with Gasteiger partial charge in [-0.3, -0.25) is 19.7 Å². The van der Waals surface area contributed by atoms with Gasteiger partial charge < -0.3 is 15.4 Å². The highest BCUT2D eigenvalue weighted by atomic mass is 16.6. The number of carbonyl (C=O) groups excluding carboxylic acids is 2. The molecule has 2 saturated carbocycles. The molecule has 2 aliphatic rings. The molecule has 146 valence electrons. The Balaban J connectivity index is 1.26. The van der Waals surface area contributed by atoms with Gasteiger partial charge in [0, 0.05) is 37.3 Å². The van der Waals surface area contributed by atoms with Gasteiger partial charge in [-0.25, -0.2) is 0 Å². The number of carbonyl (C=O) groups is 2. The van der Waals surface area contributed by atoms with Crippen molar-refractivity contribution >= 4 is 23.3 Å². The molecule has 0 aromatic heterocycles. The smallest absolute Gasteiger partial charge is 0.306 e. The van der Waals surface area contributed by atoms with Crippen LogP contribution in [0.1, 0.15) is 32.1 Å². The number of fused-ring (bicyclic) bond motifs is 2. The molecule has 27 heavy (non-hydrogen) atoms. The maximum absolute atomic E-state index is 11.9. The summed E-state index contributed by atoms with van der Waals surface area (Å²) in [7, 11) is 0. The van der Waals surface area contributed by atoms with Gasteiger partial charge in [-0.05, 0) is 49.1 Å². The quantitative estimate of drug-likeness (QED) is 0.297. The minimum Gasteiger partial charge on any atom is -0.456 e. The van der Waals surface area contributed by atoms with Crippen molar-refractivity contribution < 1.29 is 19.2 Å². The molecule has 0 saturated heterocycles. The van der Waals surface area contributed by atoms with Crippen molar-refractivity contribution in [2.75, 3.05) is 25.0 Å². The summed E-state index contributed by atoms with van der Waals surface area (Å²) in [6.07, 6.45) is 5.33. The van der Waals surface area contributed by atoms with Gasteiger partial charge in [0.1, 0.15) is 0 Å². The molecule has 2 bridgehead atoms. The number of hydrogen-bond donors (Lipinski definition) is 2. The molecule has 1 aromatic rings. The molecule has 1 amide bonds. The molecule has 0 spiro atoms. The molecule has 3 rings (SSSR count). The number of non-ortho nitro benzene ring substituents is 1. The standard InChI is InChI=1S/C19H25N3O5/c23-18(12-27-19(24)11-15-10-13-1-2-14(15)9-13)21-8-7-20-16-3-5-17(6-4-16)22(25)26/h3-6,13-15,20H,1-2,7-12H2,(H,21,23)/t13-,14+,15-/m0/s1. The maximum Gasteiger partial charge on any atom is 0.306 e. The Bertz CT molecular complexity index is 691. The molecule has 0 radical (unpaired) electrons. The van der Waals surface area contributed by atoms with Crippen LogP contribution >= 0.6 is 0 Å². The molecule has 8 nitrogen and oxygen atoms in total. The normalized spacial score (nSPS) is 23.0. The van der Waals surface area contributed by atoms with Gasteiger partial charge in [-0.15, -0.1) is 0 Å². The summed E-state index contributed by atoms with van der Waals surface area (Å²) in [5, 5.41) is 16.3. The molecule has 0 aliphatic heterocycles. The lowest BCUT2D eigenvalue weighted by Gasteiger charge is -2.20. The van der Waals surface area contributed by atoms with Crippen LogP contribution in [0.15, 0.2) is 24.3 Å². The fraction of sp³-hybridized carbons (Fsp3) is 0.579. The van der Waals surface area contributed by atoms with Crippen LogP contribution < -0.4 is 10.6 Å².